The summed E-state index contributed by atoms with van der Waals surface area (Å²) >= 11 is 1.54. The summed E-state index contributed by atoms with van der Waals surface area (Å²) in [6.45, 7) is 1.99. The lowest BCUT2D eigenvalue weighted by Crippen LogP contribution is -1.96. The van der Waals surface area contributed by atoms with E-state index in [-0.39, 0.29) is 0 Å². The Morgan fingerprint density at radius 3 is 2.64 bits per heavy atom. The van der Waals surface area contributed by atoms with E-state index in [2.05, 4.69) is 0 Å². The number of thiophene rings is 1. The molecule has 2 rings (SSSR count). The third kappa shape index (κ3) is 1.04. The monoisotopic (exact) mass is 207 g/mol. The Morgan fingerprint density at radius 1 is 1.36 bits per heavy atom. The molecule has 0 spiro atoms. The van der Waals surface area contributed by atoms with Crippen LogP contribution in [0.4, 0.5) is 0 Å². The van der Waals surface area contributed by atoms with Gasteiger partial charge >= 0.3 is 0 Å². The number of aryl methyl sites for hydroxylation is 2. The molecule has 3 nitrogen and oxygen atoms in total. The number of hydrogen-bond donors (Lipinski definition) is 0. The Kier molecular flexibility index (Phi) is 2.00. The first-order valence-corrected chi connectivity index (χ1v) is 5.00. The number of carbonyl (C=O) groups is 2. The minimum absolute atomic E-state index is 0.459. The number of carbonyl (C=O) groups excluding carboxylic acids is 2. The van der Waals surface area contributed by atoms with E-state index in [1.165, 1.54) is 0 Å². The second kappa shape index (κ2) is 3.06. The van der Waals surface area contributed by atoms with Crippen LogP contribution in [0.1, 0.15) is 25.7 Å². The molecular weight excluding hydrogens is 198 g/mol. The van der Waals surface area contributed by atoms with E-state index in [0.717, 1.165) is 27.7 Å². The molecule has 72 valence electrons. The molecule has 0 N–H and O–H groups in total. The third-order valence-corrected chi connectivity index (χ3v) is 3.38. The van der Waals surface area contributed by atoms with E-state index in [9.17, 15) is 9.59 Å². The van der Waals surface area contributed by atoms with E-state index in [0.29, 0.717) is 11.3 Å². The Morgan fingerprint density at radius 2 is 2.07 bits per heavy atom. The van der Waals surface area contributed by atoms with Gasteiger partial charge in [0, 0.05) is 11.9 Å². The van der Waals surface area contributed by atoms with Gasteiger partial charge in [-0.05, 0) is 13.0 Å². The highest BCUT2D eigenvalue weighted by molar-refractivity contribution is 7.19. The van der Waals surface area contributed by atoms with Crippen LogP contribution in [0.3, 0.4) is 0 Å². The Hall–Kier alpha value is -1.42. The maximum atomic E-state index is 10.9. The maximum absolute atomic E-state index is 10.9. The van der Waals surface area contributed by atoms with Crippen LogP contribution in [0, 0.1) is 6.92 Å². The fourth-order valence-electron chi connectivity index (χ4n) is 1.63. The molecule has 0 fully saturated rings. The van der Waals surface area contributed by atoms with Crippen molar-refractivity contribution in [2.24, 2.45) is 7.05 Å². The minimum atomic E-state index is 0.459. The summed E-state index contributed by atoms with van der Waals surface area (Å²) in [5.74, 6) is 0. The van der Waals surface area contributed by atoms with Gasteiger partial charge in [-0.15, -0.1) is 11.3 Å². The molecule has 14 heavy (non-hydrogen) atoms. The van der Waals surface area contributed by atoms with E-state index in [1.807, 2.05) is 13.0 Å². The zero-order valence-corrected chi connectivity index (χ0v) is 8.72. The molecule has 0 aliphatic carbocycles. The number of fused-ring (bicyclic) bond motifs is 1. The average molecular weight is 207 g/mol. The molecule has 0 saturated carbocycles. The molecule has 4 heteroatoms. The van der Waals surface area contributed by atoms with Gasteiger partial charge in [-0.3, -0.25) is 9.59 Å². The molecule has 0 aliphatic rings. The fourth-order valence-corrected chi connectivity index (χ4v) is 2.68. The summed E-state index contributed by atoms with van der Waals surface area (Å²) in [5, 5.41) is 0. The third-order valence-electron chi connectivity index (χ3n) is 2.31. The molecule has 0 amide bonds. The number of rotatable bonds is 2. The Labute approximate surface area is 85.0 Å². The second-order valence-corrected chi connectivity index (χ2v) is 4.42. The molecule has 2 aromatic rings. The zero-order valence-electron chi connectivity index (χ0n) is 7.90. The summed E-state index contributed by atoms with van der Waals surface area (Å²) in [5.41, 5.74) is 1.92. The van der Waals surface area contributed by atoms with Crippen molar-refractivity contribution >= 4 is 34.1 Å². The molecule has 2 aromatic heterocycles. The van der Waals surface area contributed by atoms with Crippen LogP contribution < -0.4 is 0 Å². The highest BCUT2D eigenvalue weighted by Crippen LogP contribution is 2.30. The van der Waals surface area contributed by atoms with E-state index in [4.69, 9.17) is 0 Å². The molecule has 0 bridgehead atoms. The number of hydrogen-bond acceptors (Lipinski definition) is 3. The molecule has 0 saturated heterocycles. The topological polar surface area (TPSA) is 39.1 Å². The SMILES string of the molecule is Cc1cc2c(s1)c(C=O)c(C=O)n2C. The van der Waals surface area contributed by atoms with Gasteiger partial charge in [0.15, 0.2) is 12.6 Å². The Balaban J connectivity index is 2.94. The van der Waals surface area contributed by atoms with Gasteiger partial charge in [0.2, 0.25) is 0 Å². The van der Waals surface area contributed by atoms with Crippen molar-refractivity contribution in [3.05, 3.63) is 22.2 Å². The lowest BCUT2D eigenvalue weighted by molar-refractivity contribution is 0.109. The van der Waals surface area contributed by atoms with Crippen LogP contribution in [0.15, 0.2) is 6.07 Å². The van der Waals surface area contributed by atoms with Crippen LogP contribution >= 0.6 is 11.3 Å². The summed E-state index contributed by atoms with van der Waals surface area (Å²) in [6.07, 6.45) is 1.48. The molecule has 0 unspecified atom stereocenters. The zero-order chi connectivity index (χ0) is 10.3. The van der Waals surface area contributed by atoms with Gasteiger partial charge in [-0.2, -0.15) is 0 Å². The number of aromatic nitrogens is 1. The van der Waals surface area contributed by atoms with Gasteiger partial charge in [0.25, 0.3) is 0 Å². The van der Waals surface area contributed by atoms with Gasteiger partial charge in [-0.25, -0.2) is 0 Å². The first-order chi connectivity index (χ1) is 6.69. The van der Waals surface area contributed by atoms with Crippen molar-refractivity contribution in [3.8, 4) is 0 Å². The van der Waals surface area contributed by atoms with E-state index < -0.39 is 0 Å². The van der Waals surface area contributed by atoms with Crippen LogP contribution in [0.5, 0.6) is 0 Å². The first-order valence-electron chi connectivity index (χ1n) is 4.18. The second-order valence-electron chi connectivity index (χ2n) is 3.17. The van der Waals surface area contributed by atoms with Crippen molar-refractivity contribution in [2.75, 3.05) is 0 Å². The highest BCUT2D eigenvalue weighted by Gasteiger charge is 2.15. The van der Waals surface area contributed by atoms with E-state index >= 15 is 0 Å². The minimum Gasteiger partial charge on any atom is -0.340 e. The normalized spacial score (nSPS) is 10.7. The summed E-state index contributed by atoms with van der Waals surface area (Å²) in [7, 11) is 1.80. The maximum Gasteiger partial charge on any atom is 0.167 e. The van der Waals surface area contributed by atoms with Gasteiger partial charge in [-0.1, -0.05) is 0 Å². The molecule has 2 heterocycles. The van der Waals surface area contributed by atoms with E-state index in [1.54, 1.807) is 23.0 Å². The summed E-state index contributed by atoms with van der Waals surface area (Å²) in [4.78, 5) is 22.8. The van der Waals surface area contributed by atoms with Crippen molar-refractivity contribution in [1.82, 2.24) is 4.57 Å². The van der Waals surface area contributed by atoms with Crippen LogP contribution in [-0.4, -0.2) is 17.1 Å². The predicted octanol–water partition coefficient (Wildman–Crippen LogP) is 2.17. The average Bonchev–Trinajstić information content (AvgIpc) is 2.63. The summed E-state index contributed by atoms with van der Waals surface area (Å²) < 4.78 is 2.66. The Bertz CT molecular complexity index is 522. The van der Waals surface area contributed by atoms with Gasteiger partial charge in [0.05, 0.1) is 21.5 Å². The number of nitrogens with zero attached hydrogens (tertiary/aromatic N) is 1. The lowest BCUT2D eigenvalue weighted by atomic mass is 10.3. The smallest absolute Gasteiger partial charge is 0.167 e. The molecule has 0 atom stereocenters. The van der Waals surface area contributed by atoms with Crippen LogP contribution in [-0.2, 0) is 7.05 Å². The lowest BCUT2D eigenvalue weighted by Gasteiger charge is -1.95. The van der Waals surface area contributed by atoms with Crippen molar-refractivity contribution in [1.29, 1.82) is 0 Å². The van der Waals surface area contributed by atoms with Crippen molar-refractivity contribution in [2.45, 2.75) is 6.92 Å². The van der Waals surface area contributed by atoms with Crippen molar-refractivity contribution in [3.63, 3.8) is 0 Å². The van der Waals surface area contributed by atoms with Crippen LogP contribution in [0.2, 0.25) is 0 Å². The largest absolute Gasteiger partial charge is 0.340 e. The number of aldehydes is 2. The standard InChI is InChI=1S/C10H9NO2S/c1-6-3-8-10(14-6)7(4-12)9(5-13)11(8)2/h3-5H,1-2H3. The quantitative estimate of drug-likeness (QED) is 0.708. The van der Waals surface area contributed by atoms with Gasteiger partial charge in [0.1, 0.15) is 0 Å². The first kappa shape index (κ1) is 9.15. The summed E-state index contributed by atoms with van der Waals surface area (Å²) in [6, 6.07) is 1.99. The van der Waals surface area contributed by atoms with Gasteiger partial charge < -0.3 is 4.57 Å². The molecule has 0 aliphatic heterocycles. The molecular formula is C10H9NO2S. The van der Waals surface area contributed by atoms with Crippen LogP contribution in [0.25, 0.3) is 10.2 Å². The van der Waals surface area contributed by atoms with Crippen molar-refractivity contribution < 1.29 is 9.59 Å². The molecule has 0 aromatic carbocycles. The fraction of sp³-hybridized carbons (Fsp3) is 0.200. The molecule has 0 radical (unpaired) electrons. The predicted molar refractivity (Wildman–Crippen MR) is 56.3 cm³/mol. The highest BCUT2D eigenvalue weighted by atomic mass is 32.1.